The number of carbonyl (C=O) groups excluding carboxylic acids is 1. The van der Waals surface area contributed by atoms with Gasteiger partial charge in [-0.1, -0.05) is 6.07 Å². The summed E-state index contributed by atoms with van der Waals surface area (Å²) in [6.07, 6.45) is 0. The number of nitrogens with zero attached hydrogens (tertiary/aromatic N) is 1. The molecule has 1 unspecified atom stereocenters. The van der Waals surface area contributed by atoms with Gasteiger partial charge in [-0.15, -0.1) is 0 Å². The van der Waals surface area contributed by atoms with E-state index in [4.69, 9.17) is 4.74 Å². The van der Waals surface area contributed by atoms with Crippen LogP contribution in [0.4, 0.5) is 5.82 Å². The van der Waals surface area contributed by atoms with Gasteiger partial charge in [0.1, 0.15) is 11.9 Å². The van der Waals surface area contributed by atoms with Gasteiger partial charge in [-0.25, -0.2) is 0 Å². The van der Waals surface area contributed by atoms with E-state index >= 15 is 0 Å². The second kappa shape index (κ2) is 5.19. The van der Waals surface area contributed by atoms with Crippen molar-refractivity contribution in [2.75, 3.05) is 19.5 Å². The van der Waals surface area contributed by atoms with E-state index in [1.807, 2.05) is 6.07 Å². The molecule has 0 aliphatic rings. The molecule has 5 nitrogen and oxygen atoms in total. The molecule has 0 fully saturated rings. The zero-order chi connectivity index (χ0) is 11.3. The number of carbonyl (C=O) groups is 1. The molecular weight excluding hydrogens is 194 g/mol. The van der Waals surface area contributed by atoms with E-state index in [2.05, 4.69) is 15.6 Å². The number of methoxy groups -OCH3 is 1. The lowest BCUT2D eigenvalue weighted by molar-refractivity contribution is -0.121. The van der Waals surface area contributed by atoms with Crippen LogP contribution >= 0.6 is 0 Å². The van der Waals surface area contributed by atoms with E-state index in [-0.39, 0.29) is 11.9 Å². The van der Waals surface area contributed by atoms with Gasteiger partial charge in [-0.3, -0.25) is 4.79 Å². The molecule has 2 N–H and O–H groups in total. The number of hydrogen-bond donors (Lipinski definition) is 2. The van der Waals surface area contributed by atoms with E-state index < -0.39 is 0 Å². The van der Waals surface area contributed by atoms with Crippen LogP contribution in [0.15, 0.2) is 18.2 Å². The van der Waals surface area contributed by atoms with Crippen molar-refractivity contribution in [3.05, 3.63) is 18.2 Å². The van der Waals surface area contributed by atoms with Gasteiger partial charge >= 0.3 is 0 Å². The van der Waals surface area contributed by atoms with Crippen molar-refractivity contribution in [2.45, 2.75) is 13.0 Å². The molecule has 1 aromatic heterocycles. The number of ether oxygens (including phenoxy) is 1. The predicted octanol–water partition coefficient (Wildman–Crippen LogP) is 0.637. The molecule has 0 aromatic carbocycles. The fourth-order valence-electron chi connectivity index (χ4n) is 1.11. The first-order valence-electron chi connectivity index (χ1n) is 4.66. The molecule has 0 saturated carbocycles. The number of hydrogen-bond acceptors (Lipinski definition) is 4. The summed E-state index contributed by atoms with van der Waals surface area (Å²) in [4.78, 5) is 15.4. The highest BCUT2D eigenvalue weighted by Crippen LogP contribution is 2.11. The van der Waals surface area contributed by atoms with Crippen LogP contribution in [0.2, 0.25) is 0 Å². The Labute approximate surface area is 88.9 Å². The van der Waals surface area contributed by atoms with Gasteiger partial charge in [0.15, 0.2) is 0 Å². The van der Waals surface area contributed by atoms with E-state index in [9.17, 15) is 4.79 Å². The zero-order valence-electron chi connectivity index (χ0n) is 9.07. The van der Waals surface area contributed by atoms with E-state index in [0.29, 0.717) is 11.7 Å². The molecule has 1 amide bonds. The van der Waals surface area contributed by atoms with Crippen LogP contribution < -0.4 is 15.4 Å². The number of likely N-dealkylation sites (N-methyl/N-ethyl adjacent to an activating group) is 1. The van der Waals surface area contributed by atoms with Crippen molar-refractivity contribution in [3.8, 4) is 5.88 Å². The molecule has 1 rings (SSSR count). The van der Waals surface area contributed by atoms with Gasteiger partial charge in [0, 0.05) is 13.1 Å². The van der Waals surface area contributed by atoms with E-state index in [0.717, 1.165) is 0 Å². The summed E-state index contributed by atoms with van der Waals surface area (Å²) >= 11 is 0. The molecule has 1 atom stereocenters. The second-order valence-electron chi connectivity index (χ2n) is 3.05. The maximum absolute atomic E-state index is 11.2. The summed E-state index contributed by atoms with van der Waals surface area (Å²) in [6, 6.07) is 5.01. The topological polar surface area (TPSA) is 63.2 Å². The lowest BCUT2D eigenvalue weighted by Crippen LogP contribution is -2.35. The van der Waals surface area contributed by atoms with Crippen LogP contribution in [0.1, 0.15) is 6.92 Å². The Morgan fingerprint density at radius 1 is 1.53 bits per heavy atom. The standard InChI is InChI=1S/C10H15N3O2/c1-7(10(14)11-2)12-8-5-4-6-9(13-8)15-3/h4-7H,1-3H3,(H,11,14)(H,12,13). The molecule has 15 heavy (non-hydrogen) atoms. The number of rotatable bonds is 4. The normalized spacial score (nSPS) is 11.7. The number of pyridine rings is 1. The first kappa shape index (κ1) is 11.3. The molecule has 82 valence electrons. The van der Waals surface area contributed by atoms with Crippen LogP contribution in [0, 0.1) is 0 Å². The highest BCUT2D eigenvalue weighted by Gasteiger charge is 2.10. The summed E-state index contributed by atoms with van der Waals surface area (Å²) in [5.74, 6) is 1.05. The van der Waals surface area contributed by atoms with Gasteiger partial charge < -0.3 is 15.4 Å². The van der Waals surface area contributed by atoms with Crippen molar-refractivity contribution in [3.63, 3.8) is 0 Å². The van der Waals surface area contributed by atoms with Gasteiger partial charge in [0.2, 0.25) is 11.8 Å². The molecule has 0 bridgehead atoms. The van der Waals surface area contributed by atoms with Gasteiger partial charge in [-0.05, 0) is 13.0 Å². The zero-order valence-corrected chi connectivity index (χ0v) is 9.07. The minimum atomic E-state index is -0.324. The third-order valence-electron chi connectivity index (χ3n) is 1.94. The first-order chi connectivity index (χ1) is 7.17. The Morgan fingerprint density at radius 2 is 2.27 bits per heavy atom. The van der Waals surface area contributed by atoms with Crippen molar-refractivity contribution in [1.82, 2.24) is 10.3 Å². The molecule has 0 aliphatic carbocycles. The Hall–Kier alpha value is -1.78. The average molecular weight is 209 g/mol. The molecular formula is C10H15N3O2. The fraction of sp³-hybridized carbons (Fsp3) is 0.400. The predicted molar refractivity (Wildman–Crippen MR) is 57.9 cm³/mol. The third-order valence-corrected chi connectivity index (χ3v) is 1.94. The van der Waals surface area contributed by atoms with Gasteiger partial charge in [0.25, 0.3) is 0 Å². The van der Waals surface area contributed by atoms with Crippen LogP contribution in [-0.2, 0) is 4.79 Å². The molecule has 1 aromatic rings. The lowest BCUT2D eigenvalue weighted by atomic mass is 10.3. The average Bonchev–Trinajstić information content (AvgIpc) is 2.28. The molecule has 0 aliphatic heterocycles. The highest BCUT2D eigenvalue weighted by atomic mass is 16.5. The van der Waals surface area contributed by atoms with Crippen LogP contribution in [0.5, 0.6) is 5.88 Å². The highest BCUT2D eigenvalue weighted by molar-refractivity contribution is 5.83. The maximum Gasteiger partial charge on any atom is 0.241 e. The van der Waals surface area contributed by atoms with Gasteiger partial charge in [-0.2, -0.15) is 4.98 Å². The van der Waals surface area contributed by atoms with E-state index in [1.54, 1.807) is 33.2 Å². The summed E-state index contributed by atoms with van der Waals surface area (Å²) < 4.78 is 4.97. The third kappa shape index (κ3) is 3.12. The quantitative estimate of drug-likeness (QED) is 0.763. The number of anilines is 1. The SMILES string of the molecule is CNC(=O)C(C)Nc1cccc(OC)n1. The molecule has 1 heterocycles. The van der Waals surface area contributed by atoms with Crippen molar-refractivity contribution >= 4 is 11.7 Å². The Balaban J connectivity index is 2.67. The molecule has 0 radical (unpaired) electrons. The van der Waals surface area contributed by atoms with E-state index in [1.165, 1.54) is 0 Å². The van der Waals surface area contributed by atoms with Crippen molar-refractivity contribution in [1.29, 1.82) is 0 Å². The van der Waals surface area contributed by atoms with Crippen molar-refractivity contribution in [2.24, 2.45) is 0 Å². The Kier molecular flexibility index (Phi) is 3.91. The lowest BCUT2D eigenvalue weighted by Gasteiger charge is -2.13. The Bertz CT molecular complexity index is 341. The molecule has 5 heteroatoms. The summed E-state index contributed by atoms with van der Waals surface area (Å²) in [5, 5.41) is 5.52. The molecule has 0 spiro atoms. The van der Waals surface area contributed by atoms with Crippen LogP contribution in [-0.4, -0.2) is 31.1 Å². The second-order valence-corrected chi connectivity index (χ2v) is 3.05. The minimum Gasteiger partial charge on any atom is -0.481 e. The summed E-state index contributed by atoms with van der Waals surface area (Å²) in [5.41, 5.74) is 0. The van der Waals surface area contributed by atoms with Crippen LogP contribution in [0.25, 0.3) is 0 Å². The van der Waals surface area contributed by atoms with Gasteiger partial charge in [0.05, 0.1) is 7.11 Å². The fourth-order valence-corrected chi connectivity index (χ4v) is 1.11. The minimum absolute atomic E-state index is 0.0837. The van der Waals surface area contributed by atoms with Crippen molar-refractivity contribution < 1.29 is 9.53 Å². The van der Waals surface area contributed by atoms with Crippen LogP contribution in [0.3, 0.4) is 0 Å². The maximum atomic E-state index is 11.2. The smallest absolute Gasteiger partial charge is 0.241 e. The number of aromatic nitrogens is 1. The number of nitrogens with one attached hydrogen (secondary N) is 2. The monoisotopic (exact) mass is 209 g/mol. The largest absolute Gasteiger partial charge is 0.481 e. The first-order valence-corrected chi connectivity index (χ1v) is 4.66. The summed E-state index contributed by atoms with van der Waals surface area (Å²) in [7, 11) is 3.15. The Morgan fingerprint density at radius 3 is 2.87 bits per heavy atom. The molecule has 0 saturated heterocycles. The summed E-state index contributed by atoms with van der Waals surface area (Å²) in [6.45, 7) is 1.76. The number of amides is 1.